The van der Waals surface area contributed by atoms with E-state index < -0.39 is 5.97 Å². The minimum Gasteiger partial charge on any atom is -0.481 e. The Labute approximate surface area is 123 Å². The molecular formula is C13H19ClN4O2. The predicted octanol–water partition coefficient (Wildman–Crippen LogP) is 2.16. The van der Waals surface area contributed by atoms with Gasteiger partial charge in [-0.3, -0.25) is 4.79 Å². The first kappa shape index (κ1) is 17.9. The molecule has 0 spiro atoms. The van der Waals surface area contributed by atoms with Crippen LogP contribution >= 0.6 is 11.6 Å². The smallest absolute Gasteiger partial charge is 0.300 e. The van der Waals surface area contributed by atoms with Crippen LogP contribution in [-0.2, 0) is 4.79 Å². The Hall–Kier alpha value is -2.08. The number of halogens is 1. The van der Waals surface area contributed by atoms with Crippen molar-refractivity contribution in [2.75, 3.05) is 0 Å². The van der Waals surface area contributed by atoms with Crippen LogP contribution < -0.4 is 11.5 Å². The van der Waals surface area contributed by atoms with Crippen LogP contribution in [0.3, 0.4) is 0 Å². The van der Waals surface area contributed by atoms with Crippen LogP contribution in [0.15, 0.2) is 28.4 Å². The van der Waals surface area contributed by atoms with Gasteiger partial charge in [0, 0.05) is 17.5 Å². The van der Waals surface area contributed by atoms with E-state index in [2.05, 4.69) is 24.1 Å². The quantitative estimate of drug-likeness (QED) is 0.450. The van der Waals surface area contributed by atoms with Crippen molar-refractivity contribution in [1.29, 1.82) is 0 Å². The SMILES string of the molecule is CC(=O)O.CC(C)c1cccc(Cl)c1/C=N/N=C(N)N. The zero-order valence-electron chi connectivity index (χ0n) is 11.7. The molecule has 110 valence electrons. The molecule has 20 heavy (non-hydrogen) atoms. The summed E-state index contributed by atoms with van der Waals surface area (Å²) in [6.45, 7) is 5.26. The van der Waals surface area contributed by atoms with E-state index in [1.165, 1.54) is 0 Å². The Balaban J connectivity index is 0.000000796. The Morgan fingerprint density at radius 1 is 1.40 bits per heavy atom. The number of aliphatic carboxylic acids is 1. The van der Waals surface area contributed by atoms with Crippen molar-refractivity contribution in [1.82, 2.24) is 0 Å². The first-order valence-corrected chi connectivity index (χ1v) is 6.23. The molecule has 7 heteroatoms. The Morgan fingerprint density at radius 3 is 2.40 bits per heavy atom. The van der Waals surface area contributed by atoms with Gasteiger partial charge < -0.3 is 16.6 Å². The summed E-state index contributed by atoms with van der Waals surface area (Å²) in [6, 6.07) is 5.73. The largest absolute Gasteiger partial charge is 0.481 e. The molecule has 0 amide bonds. The third-order valence-corrected chi connectivity index (χ3v) is 2.40. The maximum Gasteiger partial charge on any atom is 0.300 e. The van der Waals surface area contributed by atoms with Gasteiger partial charge in [0.25, 0.3) is 5.97 Å². The van der Waals surface area contributed by atoms with E-state index in [1.807, 2.05) is 18.2 Å². The predicted molar refractivity (Wildman–Crippen MR) is 82.3 cm³/mol. The maximum atomic E-state index is 9.00. The molecule has 1 aromatic rings. The number of carbonyl (C=O) groups is 1. The molecule has 1 rings (SSSR count). The van der Waals surface area contributed by atoms with Gasteiger partial charge in [-0.25, -0.2) is 0 Å². The summed E-state index contributed by atoms with van der Waals surface area (Å²) in [7, 11) is 0. The van der Waals surface area contributed by atoms with Crippen LogP contribution in [0.5, 0.6) is 0 Å². The van der Waals surface area contributed by atoms with Crippen LogP contribution in [0.1, 0.15) is 37.8 Å². The van der Waals surface area contributed by atoms with Gasteiger partial charge in [-0.05, 0) is 17.5 Å². The van der Waals surface area contributed by atoms with E-state index >= 15 is 0 Å². The molecule has 0 saturated carbocycles. The second-order valence-electron chi connectivity index (χ2n) is 4.19. The monoisotopic (exact) mass is 298 g/mol. The van der Waals surface area contributed by atoms with Crippen LogP contribution in [0, 0.1) is 0 Å². The summed E-state index contributed by atoms with van der Waals surface area (Å²) in [5, 5.41) is 15.4. The van der Waals surface area contributed by atoms with Gasteiger partial charge in [-0.2, -0.15) is 5.10 Å². The number of rotatable bonds is 3. The van der Waals surface area contributed by atoms with Gasteiger partial charge in [-0.1, -0.05) is 37.6 Å². The lowest BCUT2D eigenvalue weighted by Crippen LogP contribution is -2.21. The highest BCUT2D eigenvalue weighted by atomic mass is 35.5. The molecule has 0 aliphatic rings. The number of benzene rings is 1. The fourth-order valence-electron chi connectivity index (χ4n) is 1.35. The number of carboxylic acid groups (broad SMARTS) is 1. The Kier molecular flexibility index (Phi) is 8.00. The van der Waals surface area contributed by atoms with Gasteiger partial charge in [0.2, 0.25) is 5.96 Å². The summed E-state index contributed by atoms with van der Waals surface area (Å²) >= 11 is 6.09. The lowest BCUT2D eigenvalue weighted by atomic mass is 9.98. The van der Waals surface area contributed by atoms with Crippen molar-refractivity contribution in [3.8, 4) is 0 Å². The van der Waals surface area contributed by atoms with Crippen molar-refractivity contribution in [2.24, 2.45) is 21.7 Å². The standard InChI is InChI=1S/C11H15ClN4.C2H4O2/c1-7(2)8-4-3-5-10(12)9(8)6-15-16-11(13)14;1-2(3)4/h3-7H,1-2H3,(H4,13,14,16);1H3,(H,3,4)/b15-6+;. The van der Waals surface area contributed by atoms with Crippen molar-refractivity contribution >= 4 is 29.7 Å². The zero-order chi connectivity index (χ0) is 15.7. The van der Waals surface area contributed by atoms with Crippen molar-refractivity contribution in [3.63, 3.8) is 0 Å². The normalized spacial score (nSPS) is 10.1. The molecule has 5 N–H and O–H groups in total. The minimum atomic E-state index is -0.833. The molecular weight excluding hydrogens is 280 g/mol. The summed E-state index contributed by atoms with van der Waals surface area (Å²) in [6.07, 6.45) is 1.57. The number of hydrogen-bond acceptors (Lipinski definition) is 3. The van der Waals surface area contributed by atoms with E-state index in [-0.39, 0.29) is 5.96 Å². The number of guanidine groups is 1. The Morgan fingerprint density at radius 2 is 1.95 bits per heavy atom. The molecule has 0 unspecified atom stereocenters. The molecule has 0 bridgehead atoms. The summed E-state index contributed by atoms with van der Waals surface area (Å²) in [5.74, 6) is -0.547. The van der Waals surface area contributed by atoms with Crippen LogP contribution in [-0.4, -0.2) is 23.2 Å². The topological polar surface area (TPSA) is 114 Å². The average molecular weight is 299 g/mol. The molecule has 0 aliphatic carbocycles. The fourth-order valence-corrected chi connectivity index (χ4v) is 1.58. The highest BCUT2D eigenvalue weighted by Crippen LogP contribution is 2.24. The molecule has 0 fully saturated rings. The first-order chi connectivity index (χ1) is 9.25. The number of hydrogen-bond donors (Lipinski definition) is 3. The summed E-state index contributed by atoms with van der Waals surface area (Å²) in [5.41, 5.74) is 12.3. The second kappa shape index (κ2) is 8.92. The van der Waals surface area contributed by atoms with E-state index in [4.69, 9.17) is 33.0 Å². The lowest BCUT2D eigenvalue weighted by Gasteiger charge is -2.10. The minimum absolute atomic E-state index is 0.0746. The van der Waals surface area contributed by atoms with E-state index in [0.717, 1.165) is 18.1 Å². The third-order valence-electron chi connectivity index (χ3n) is 2.07. The highest BCUT2D eigenvalue weighted by molar-refractivity contribution is 6.33. The molecule has 1 aromatic carbocycles. The molecule has 0 heterocycles. The van der Waals surface area contributed by atoms with Crippen molar-refractivity contribution in [2.45, 2.75) is 26.7 Å². The van der Waals surface area contributed by atoms with Gasteiger partial charge in [0.15, 0.2) is 0 Å². The molecule has 6 nitrogen and oxygen atoms in total. The molecule has 0 aromatic heterocycles. The highest BCUT2D eigenvalue weighted by Gasteiger charge is 2.07. The average Bonchev–Trinajstić information content (AvgIpc) is 2.29. The molecule has 0 atom stereocenters. The molecule has 0 saturated heterocycles. The van der Waals surface area contributed by atoms with Crippen molar-refractivity contribution < 1.29 is 9.90 Å². The van der Waals surface area contributed by atoms with Crippen LogP contribution in [0.4, 0.5) is 0 Å². The number of carboxylic acids is 1. The number of nitrogens with zero attached hydrogens (tertiary/aromatic N) is 2. The molecule has 0 radical (unpaired) electrons. The Bertz CT molecular complexity index is 505. The van der Waals surface area contributed by atoms with Gasteiger partial charge in [-0.15, -0.1) is 5.10 Å². The molecule has 0 aliphatic heterocycles. The number of nitrogens with two attached hydrogens (primary N) is 2. The third kappa shape index (κ3) is 7.38. The first-order valence-electron chi connectivity index (χ1n) is 5.85. The zero-order valence-corrected chi connectivity index (χ0v) is 12.4. The fraction of sp³-hybridized carbons (Fsp3) is 0.308. The van der Waals surface area contributed by atoms with Gasteiger partial charge in [0.1, 0.15) is 0 Å². The second-order valence-corrected chi connectivity index (χ2v) is 4.59. The maximum absolute atomic E-state index is 9.00. The summed E-state index contributed by atoms with van der Waals surface area (Å²) in [4.78, 5) is 9.00. The van der Waals surface area contributed by atoms with E-state index in [1.54, 1.807) is 6.21 Å². The summed E-state index contributed by atoms with van der Waals surface area (Å²) < 4.78 is 0. The van der Waals surface area contributed by atoms with Crippen molar-refractivity contribution in [3.05, 3.63) is 34.3 Å². The van der Waals surface area contributed by atoms with E-state index in [9.17, 15) is 0 Å². The van der Waals surface area contributed by atoms with Gasteiger partial charge in [0.05, 0.1) is 6.21 Å². The van der Waals surface area contributed by atoms with Gasteiger partial charge >= 0.3 is 0 Å². The van der Waals surface area contributed by atoms with Crippen LogP contribution in [0.2, 0.25) is 5.02 Å². The lowest BCUT2D eigenvalue weighted by molar-refractivity contribution is -0.134. The van der Waals surface area contributed by atoms with E-state index in [0.29, 0.717) is 10.9 Å². The van der Waals surface area contributed by atoms with Crippen LogP contribution in [0.25, 0.3) is 0 Å².